The highest BCUT2D eigenvalue weighted by molar-refractivity contribution is 5.97. The minimum atomic E-state index is -0.747. The van der Waals surface area contributed by atoms with Crippen LogP contribution in [0.15, 0.2) is 18.2 Å². The summed E-state index contributed by atoms with van der Waals surface area (Å²) in [6.45, 7) is -0.148. The fourth-order valence-corrected chi connectivity index (χ4v) is 0.804. The summed E-state index contributed by atoms with van der Waals surface area (Å²) in [6, 6.07) is 3.37. The second-order valence-electron chi connectivity index (χ2n) is 2.29. The van der Waals surface area contributed by atoms with E-state index in [9.17, 15) is 9.18 Å². The first-order valence-corrected chi connectivity index (χ1v) is 3.37. The van der Waals surface area contributed by atoms with Gasteiger partial charge in [0.05, 0.1) is 6.54 Å². The number of hydrogen-bond acceptors (Lipinski definition) is 3. The van der Waals surface area contributed by atoms with Gasteiger partial charge in [-0.3, -0.25) is 4.79 Å². The maximum Gasteiger partial charge on any atom is 0.176 e. The van der Waals surface area contributed by atoms with Crippen molar-refractivity contribution in [2.75, 3.05) is 6.54 Å². The number of ketones is 1. The van der Waals surface area contributed by atoms with E-state index >= 15 is 0 Å². The van der Waals surface area contributed by atoms with E-state index in [1.807, 2.05) is 0 Å². The van der Waals surface area contributed by atoms with E-state index in [0.29, 0.717) is 0 Å². The summed E-state index contributed by atoms with van der Waals surface area (Å²) in [4.78, 5) is 10.9. The zero-order valence-corrected chi connectivity index (χ0v) is 6.25. The largest absolute Gasteiger partial charge is 0.505 e. The first-order valence-electron chi connectivity index (χ1n) is 3.37. The lowest BCUT2D eigenvalue weighted by atomic mass is 10.1. The smallest absolute Gasteiger partial charge is 0.176 e. The van der Waals surface area contributed by atoms with Gasteiger partial charge in [0.1, 0.15) is 0 Å². The van der Waals surface area contributed by atoms with Crippen LogP contribution in [-0.4, -0.2) is 17.4 Å². The topological polar surface area (TPSA) is 63.3 Å². The van der Waals surface area contributed by atoms with Crippen LogP contribution in [0.25, 0.3) is 0 Å². The average Bonchev–Trinajstić information content (AvgIpc) is 2.08. The SMILES string of the molecule is NCC(=O)c1ccc(F)c(O)c1. The highest BCUT2D eigenvalue weighted by Crippen LogP contribution is 2.16. The van der Waals surface area contributed by atoms with Crippen LogP contribution in [-0.2, 0) is 0 Å². The molecule has 0 heterocycles. The van der Waals surface area contributed by atoms with Gasteiger partial charge in [-0.25, -0.2) is 4.39 Å². The molecule has 1 aromatic rings. The summed E-state index contributed by atoms with van der Waals surface area (Å²) in [6.07, 6.45) is 0. The van der Waals surface area contributed by atoms with E-state index in [1.165, 1.54) is 6.07 Å². The van der Waals surface area contributed by atoms with Crippen LogP contribution in [0, 0.1) is 5.82 Å². The molecule has 4 heteroatoms. The van der Waals surface area contributed by atoms with Crippen molar-refractivity contribution in [2.45, 2.75) is 0 Å². The van der Waals surface area contributed by atoms with E-state index in [0.717, 1.165) is 12.1 Å². The number of hydrogen-bond donors (Lipinski definition) is 2. The summed E-state index contributed by atoms with van der Waals surface area (Å²) in [5.41, 5.74) is 5.29. The molecule has 0 aliphatic carbocycles. The highest BCUT2D eigenvalue weighted by Gasteiger charge is 2.06. The molecular formula is C8H8FNO2. The van der Waals surface area contributed by atoms with Gasteiger partial charge in [0.2, 0.25) is 0 Å². The Morgan fingerprint density at radius 3 is 2.75 bits per heavy atom. The molecule has 0 atom stereocenters. The monoisotopic (exact) mass is 169 g/mol. The Morgan fingerprint density at radius 2 is 2.25 bits per heavy atom. The van der Waals surface area contributed by atoms with E-state index < -0.39 is 11.6 Å². The van der Waals surface area contributed by atoms with Gasteiger partial charge in [0, 0.05) is 5.56 Å². The van der Waals surface area contributed by atoms with Crippen molar-refractivity contribution in [3.8, 4) is 5.75 Å². The van der Waals surface area contributed by atoms with Crippen LogP contribution < -0.4 is 5.73 Å². The maximum absolute atomic E-state index is 12.5. The third kappa shape index (κ3) is 1.60. The molecule has 0 saturated carbocycles. The summed E-state index contributed by atoms with van der Waals surface area (Å²) in [7, 11) is 0. The molecule has 3 nitrogen and oxygen atoms in total. The van der Waals surface area contributed by atoms with Gasteiger partial charge in [0.15, 0.2) is 17.3 Å². The number of phenolic OH excluding ortho intramolecular Hbond substituents is 1. The van der Waals surface area contributed by atoms with Gasteiger partial charge in [-0.05, 0) is 18.2 Å². The number of carbonyl (C=O) groups excluding carboxylic acids is 1. The van der Waals surface area contributed by atoms with Gasteiger partial charge in [-0.2, -0.15) is 0 Å². The zero-order chi connectivity index (χ0) is 9.14. The molecule has 0 aliphatic rings. The molecule has 0 radical (unpaired) electrons. The fraction of sp³-hybridized carbons (Fsp3) is 0.125. The van der Waals surface area contributed by atoms with Crippen LogP contribution in [0.3, 0.4) is 0 Å². The Hall–Kier alpha value is -1.42. The van der Waals surface area contributed by atoms with E-state index in [4.69, 9.17) is 10.8 Å². The number of rotatable bonds is 2. The Bertz CT molecular complexity index is 312. The molecular weight excluding hydrogens is 161 g/mol. The summed E-state index contributed by atoms with van der Waals surface area (Å²) < 4.78 is 12.5. The Balaban J connectivity index is 3.05. The molecule has 1 aromatic carbocycles. The molecule has 12 heavy (non-hydrogen) atoms. The number of nitrogens with two attached hydrogens (primary N) is 1. The Morgan fingerprint density at radius 1 is 1.58 bits per heavy atom. The summed E-state index contributed by atoms with van der Waals surface area (Å²) >= 11 is 0. The van der Waals surface area contributed by atoms with Gasteiger partial charge in [0.25, 0.3) is 0 Å². The predicted octanol–water partition coefficient (Wildman–Crippen LogP) is 0.673. The Labute approximate surface area is 68.6 Å². The molecule has 0 aromatic heterocycles. The van der Waals surface area contributed by atoms with Gasteiger partial charge in [-0.1, -0.05) is 0 Å². The minimum Gasteiger partial charge on any atom is -0.505 e. The van der Waals surface area contributed by atoms with Crippen LogP contribution in [0.4, 0.5) is 4.39 Å². The molecule has 1 rings (SSSR count). The standard InChI is InChI=1S/C8H8FNO2/c9-6-2-1-5(3-7(6)11)8(12)4-10/h1-3,11H,4,10H2. The van der Waals surface area contributed by atoms with Crippen molar-refractivity contribution in [2.24, 2.45) is 5.73 Å². The molecule has 0 saturated heterocycles. The lowest BCUT2D eigenvalue weighted by Gasteiger charge is -1.98. The quantitative estimate of drug-likeness (QED) is 0.639. The highest BCUT2D eigenvalue weighted by atomic mass is 19.1. The maximum atomic E-state index is 12.5. The number of halogens is 1. The van der Waals surface area contributed by atoms with Crippen LogP contribution in [0.2, 0.25) is 0 Å². The van der Waals surface area contributed by atoms with Gasteiger partial charge >= 0.3 is 0 Å². The normalized spacial score (nSPS) is 9.83. The first-order chi connectivity index (χ1) is 5.65. The average molecular weight is 169 g/mol. The van der Waals surface area contributed by atoms with Crippen LogP contribution in [0.1, 0.15) is 10.4 Å². The lowest BCUT2D eigenvalue weighted by molar-refractivity contribution is 0.100. The molecule has 0 amide bonds. The molecule has 0 unspecified atom stereocenters. The van der Waals surface area contributed by atoms with Crippen LogP contribution in [0.5, 0.6) is 5.75 Å². The minimum absolute atomic E-state index is 0.148. The van der Waals surface area contributed by atoms with E-state index in [1.54, 1.807) is 0 Å². The van der Waals surface area contributed by atoms with Crippen molar-refractivity contribution in [3.05, 3.63) is 29.6 Å². The van der Waals surface area contributed by atoms with Crippen molar-refractivity contribution >= 4 is 5.78 Å². The van der Waals surface area contributed by atoms with Crippen molar-refractivity contribution in [1.29, 1.82) is 0 Å². The van der Waals surface area contributed by atoms with Gasteiger partial charge < -0.3 is 10.8 Å². The molecule has 64 valence electrons. The van der Waals surface area contributed by atoms with Crippen molar-refractivity contribution in [3.63, 3.8) is 0 Å². The number of aromatic hydroxyl groups is 1. The lowest BCUT2D eigenvalue weighted by Crippen LogP contribution is -2.13. The van der Waals surface area contributed by atoms with Crippen molar-refractivity contribution < 1.29 is 14.3 Å². The molecule has 0 fully saturated rings. The number of carbonyl (C=O) groups is 1. The predicted molar refractivity (Wildman–Crippen MR) is 41.4 cm³/mol. The zero-order valence-electron chi connectivity index (χ0n) is 6.25. The van der Waals surface area contributed by atoms with E-state index in [2.05, 4.69) is 0 Å². The van der Waals surface area contributed by atoms with Gasteiger partial charge in [-0.15, -0.1) is 0 Å². The fourth-order valence-electron chi connectivity index (χ4n) is 0.804. The summed E-state index contributed by atoms with van der Waals surface area (Å²) in [5, 5.41) is 8.88. The molecule has 3 N–H and O–H groups in total. The second-order valence-corrected chi connectivity index (χ2v) is 2.29. The summed E-state index contributed by atoms with van der Waals surface area (Å²) in [5.74, 6) is -1.61. The third-order valence-electron chi connectivity index (χ3n) is 1.45. The van der Waals surface area contributed by atoms with E-state index in [-0.39, 0.29) is 17.9 Å². The van der Waals surface area contributed by atoms with Crippen LogP contribution >= 0.6 is 0 Å². The number of benzene rings is 1. The molecule has 0 bridgehead atoms. The second kappa shape index (κ2) is 3.32. The number of phenols is 1. The third-order valence-corrected chi connectivity index (χ3v) is 1.45. The molecule has 0 aliphatic heterocycles. The molecule has 0 spiro atoms. The first kappa shape index (κ1) is 8.67. The number of Topliss-reactive ketones (excluding diaryl/α,β-unsaturated/α-hetero) is 1. The van der Waals surface area contributed by atoms with Crippen molar-refractivity contribution in [1.82, 2.24) is 0 Å². The Kier molecular flexibility index (Phi) is 2.40.